The number of aliphatic hydroxyl groups excluding tert-OH is 1. The molecule has 10 nitrogen and oxygen atoms in total. The Morgan fingerprint density at radius 2 is 1.86 bits per heavy atom. The molecule has 0 aliphatic rings. The van der Waals surface area contributed by atoms with Gasteiger partial charge in [0.1, 0.15) is 10.6 Å². The predicted molar refractivity (Wildman–Crippen MR) is 136 cm³/mol. The number of nitrogens with one attached hydrogen (secondary N) is 3. The van der Waals surface area contributed by atoms with Crippen LogP contribution < -0.4 is 16.0 Å². The topological polar surface area (TPSA) is 146 Å². The zero-order valence-corrected chi connectivity index (χ0v) is 20.9. The van der Waals surface area contributed by atoms with Gasteiger partial charge < -0.3 is 21.1 Å². The number of urea groups is 1. The summed E-state index contributed by atoms with van der Waals surface area (Å²) in [7, 11) is -3.48. The minimum atomic E-state index is -3.48. The number of benzene rings is 1. The Morgan fingerprint density at radius 1 is 1.14 bits per heavy atom. The quantitative estimate of drug-likeness (QED) is 0.352. The smallest absolute Gasteiger partial charge is 0.319 e. The van der Waals surface area contributed by atoms with Crippen LogP contribution in [0.2, 0.25) is 0 Å². The summed E-state index contributed by atoms with van der Waals surface area (Å²) in [6.45, 7) is 5.18. The molecule has 11 heteroatoms. The Kier molecular flexibility index (Phi) is 8.03. The third-order valence-electron chi connectivity index (χ3n) is 5.51. The molecule has 0 radical (unpaired) electrons. The molecule has 0 unspecified atom stereocenters. The average Bonchev–Trinajstić information content (AvgIpc) is 2.83. The lowest BCUT2D eigenvalue weighted by molar-refractivity contribution is 0.251. The normalized spacial score (nSPS) is 12.6. The van der Waals surface area contributed by atoms with Gasteiger partial charge in [0.05, 0.1) is 12.3 Å². The van der Waals surface area contributed by atoms with E-state index in [-0.39, 0.29) is 18.7 Å². The number of aromatic nitrogens is 3. The molecule has 4 N–H and O–H groups in total. The summed E-state index contributed by atoms with van der Waals surface area (Å²) in [4.78, 5) is 25.3. The van der Waals surface area contributed by atoms with Crippen LogP contribution in [0, 0.1) is 0 Å². The standard InChI is InChI=1S/C24H30N6O4S/c1-16(15-31)27-21-12-20(24(2,3)35(4,33)34)29-22(30-21)18-7-9-19(10-8-18)28-23(32)26-14-17-6-5-11-25-13-17/h5-13,16,31H,14-15H2,1-4H3,(H2,26,28,32)(H,27,29,30)/t16-/m0/s1. The van der Waals surface area contributed by atoms with Gasteiger partial charge in [0.15, 0.2) is 15.7 Å². The molecule has 1 atom stereocenters. The Balaban J connectivity index is 1.82. The Labute approximate surface area is 205 Å². The van der Waals surface area contributed by atoms with E-state index in [0.29, 0.717) is 35.1 Å². The van der Waals surface area contributed by atoms with E-state index in [1.165, 1.54) is 0 Å². The highest BCUT2D eigenvalue weighted by Crippen LogP contribution is 2.31. The molecular formula is C24H30N6O4S. The molecular weight excluding hydrogens is 468 g/mol. The third-order valence-corrected chi connectivity index (χ3v) is 7.58. The van der Waals surface area contributed by atoms with Crippen LogP contribution in [0.15, 0.2) is 54.9 Å². The first-order valence-corrected chi connectivity index (χ1v) is 12.9. The van der Waals surface area contributed by atoms with Gasteiger partial charge >= 0.3 is 6.03 Å². The molecule has 2 heterocycles. The van der Waals surface area contributed by atoms with E-state index < -0.39 is 14.6 Å². The molecule has 0 bridgehead atoms. The minimum absolute atomic E-state index is 0.118. The maximum Gasteiger partial charge on any atom is 0.319 e. The number of hydrogen-bond donors (Lipinski definition) is 4. The molecule has 1 aromatic carbocycles. The largest absolute Gasteiger partial charge is 0.394 e. The first kappa shape index (κ1) is 26.0. The Hall–Kier alpha value is -3.57. The molecule has 3 rings (SSSR count). The minimum Gasteiger partial charge on any atom is -0.394 e. The summed E-state index contributed by atoms with van der Waals surface area (Å²) in [6.07, 6.45) is 4.51. The van der Waals surface area contributed by atoms with Crippen LogP contribution in [0.3, 0.4) is 0 Å². The van der Waals surface area contributed by atoms with Crippen molar-refractivity contribution in [1.29, 1.82) is 0 Å². The van der Waals surface area contributed by atoms with Crippen molar-refractivity contribution in [1.82, 2.24) is 20.3 Å². The van der Waals surface area contributed by atoms with Gasteiger partial charge in [-0.25, -0.2) is 23.2 Å². The fourth-order valence-corrected chi connectivity index (χ4v) is 3.49. The summed E-state index contributed by atoms with van der Waals surface area (Å²) in [5.41, 5.74) is 2.41. The van der Waals surface area contributed by atoms with Gasteiger partial charge in [-0.15, -0.1) is 0 Å². The fraction of sp³-hybridized carbons (Fsp3) is 0.333. The molecule has 0 aliphatic carbocycles. The van der Waals surface area contributed by atoms with Crippen LogP contribution in [0.25, 0.3) is 11.4 Å². The highest BCUT2D eigenvalue weighted by atomic mass is 32.2. The number of carbonyl (C=O) groups is 1. The van der Waals surface area contributed by atoms with Crippen LogP contribution in [0.4, 0.5) is 16.3 Å². The van der Waals surface area contributed by atoms with Crippen LogP contribution in [-0.4, -0.2) is 53.4 Å². The molecule has 3 aromatic rings. The van der Waals surface area contributed by atoms with E-state index in [2.05, 4.69) is 30.9 Å². The molecule has 2 aromatic heterocycles. The first-order valence-electron chi connectivity index (χ1n) is 11.0. The van der Waals surface area contributed by atoms with Crippen molar-refractivity contribution in [3.63, 3.8) is 0 Å². The van der Waals surface area contributed by atoms with Crippen LogP contribution in [-0.2, 0) is 21.1 Å². The van der Waals surface area contributed by atoms with Gasteiger partial charge in [-0.05, 0) is 56.7 Å². The van der Waals surface area contributed by atoms with E-state index in [1.807, 2.05) is 6.07 Å². The second kappa shape index (κ2) is 10.8. The fourth-order valence-electron chi connectivity index (χ4n) is 3.01. The van der Waals surface area contributed by atoms with Gasteiger partial charge in [0.2, 0.25) is 0 Å². The zero-order valence-electron chi connectivity index (χ0n) is 20.1. The van der Waals surface area contributed by atoms with E-state index in [1.54, 1.807) is 69.6 Å². The van der Waals surface area contributed by atoms with Gasteiger partial charge in [-0.3, -0.25) is 4.98 Å². The summed E-state index contributed by atoms with van der Waals surface area (Å²) in [5.74, 6) is 0.722. The Bertz CT molecular complexity index is 1260. The summed E-state index contributed by atoms with van der Waals surface area (Å²) in [6, 6.07) is 11.5. The maximum absolute atomic E-state index is 12.4. The second-order valence-electron chi connectivity index (χ2n) is 8.72. The van der Waals surface area contributed by atoms with Crippen LogP contribution in [0.5, 0.6) is 0 Å². The number of nitrogens with zero attached hydrogens (tertiary/aromatic N) is 3. The lowest BCUT2D eigenvalue weighted by Crippen LogP contribution is -2.30. The Morgan fingerprint density at radius 3 is 2.46 bits per heavy atom. The second-order valence-corrected chi connectivity index (χ2v) is 11.3. The van der Waals surface area contributed by atoms with Crippen molar-refractivity contribution in [2.75, 3.05) is 23.5 Å². The SMILES string of the molecule is C[C@@H](CO)Nc1cc(C(C)(C)S(C)(=O)=O)nc(-c2ccc(NC(=O)NCc3cccnc3)cc2)n1. The number of aliphatic hydroxyl groups is 1. The van der Waals surface area contributed by atoms with Gasteiger partial charge in [0, 0.05) is 48.6 Å². The zero-order chi connectivity index (χ0) is 25.6. The third kappa shape index (κ3) is 6.74. The van der Waals surface area contributed by atoms with E-state index in [9.17, 15) is 18.3 Å². The molecule has 0 saturated heterocycles. The number of anilines is 2. The van der Waals surface area contributed by atoms with Crippen molar-refractivity contribution in [3.8, 4) is 11.4 Å². The van der Waals surface area contributed by atoms with Crippen molar-refractivity contribution >= 4 is 27.4 Å². The van der Waals surface area contributed by atoms with Crippen molar-refractivity contribution in [2.24, 2.45) is 0 Å². The maximum atomic E-state index is 12.4. The lowest BCUT2D eigenvalue weighted by atomic mass is 10.1. The molecule has 2 amide bonds. The van der Waals surface area contributed by atoms with Crippen LogP contribution in [0.1, 0.15) is 32.0 Å². The molecule has 0 aliphatic heterocycles. The number of amides is 2. The van der Waals surface area contributed by atoms with E-state index in [4.69, 9.17) is 0 Å². The lowest BCUT2D eigenvalue weighted by Gasteiger charge is -2.23. The summed E-state index contributed by atoms with van der Waals surface area (Å²) >= 11 is 0. The van der Waals surface area contributed by atoms with Crippen molar-refractivity contribution in [3.05, 3.63) is 66.1 Å². The van der Waals surface area contributed by atoms with Gasteiger partial charge in [-0.1, -0.05) is 6.07 Å². The average molecular weight is 499 g/mol. The van der Waals surface area contributed by atoms with Gasteiger partial charge in [0.25, 0.3) is 0 Å². The van der Waals surface area contributed by atoms with E-state index in [0.717, 1.165) is 11.8 Å². The summed E-state index contributed by atoms with van der Waals surface area (Å²) in [5, 5.41) is 18.0. The monoisotopic (exact) mass is 498 g/mol. The van der Waals surface area contributed by atoms with Gasteiger partial charge in [-0.2, -0.15) is 0 Å². The highest BCUT2D eigenvalue weighted by Gasteiger charge is 2.35. The van der Waals surface area contributed by atoms with E-state index >= 15 is 0 Å². The van der Waals surface area contributed by atoms with Crippen molar-refractivity contribution < 1.29 is 18.3 Å². The molecule has 0 fully saturated rings. The molecule has 186 valence electrons. The number of pyridine rings is 1. The molecule has 0 spiro atoms. The number of hydrogen-bond acceptors (Lipinski definition) is 8. The van der Waals surface area contributed by atoms with Crippen LogP contribution >= 0.6 is 0 Å². The summed E-state index contributed by atoms with van der Waals surface area (Å²) < 4.78 is 23.6. The predicted octanol–water partition coefficient (Wildman–Crippen LogP) is 2.93. The first-order chi connectivity index (χ1) is 16.5. The molecule has 0 saturated carbocycles. The highest BCUT2D eigenvalue weighted by molar-refractivity contribution is 7.91. The number of sulfone groups is 1. The number of rotatable bonds is 9. The number of carbonyl (C=O) groups excluding carboxylic acids is 1. The molecule has 35 heavy (non-hydrogen) atoms. The van der Waals surface area contributed by atoms with Crippen molar-refractivity contribution in [2.45, 2.75) is 38.1 Å².